The Bertz CT molecular complexity index is 1150. The summed E-state index contributed by atoms with van der Waals surface area (Å²) in [5, 5.41) is -0.361. The van der Waals surface area contributed by atoms with E-state index >= 15 is 0 Å². The minimum atomic E-state index is -6.02. The number of halogens is 5. The molecule has 2 aromatic carbocycles. The molecular weight excluding hydrogens is 467 g/mol. The van der Waals surface area contributed by atoms with Gasteiger partial charge in [0.25, 0.3) is 0 Å². The molecule has 0 aliphatic heterocycles. The van der Waals surface area contributed by atoms with Crippen molar-refractivity contribution in [3.63, 3.8) is 0 Å². The van der Waals surface area contributed by atoms with Crippen molar-refractivity contribution in [2.24, 2.45) is 0 Å². The minimum Gasteiger partial charge on any atom is -0.375 e. The van der Waals surface area contributed by atoms with Gasteiger partial charge in [0, 0.05) is 5.39 Å². The van der Waals surface area contributed by atoms with Gasteiger partial charge in [-0.15, -0.1) is 5.54 Å². The molecule has 0 unspecified atom stereocenters. The highest BCUT2D eigenvalue weighted by molar-refractivity contribution is 7.88. The van der Waals surface area contributed by atoms with Crippen LogP contribution in [0.2, 0.25) is 16.6 Å². The molecule has 0 amide bonds. The molecule has 0 radical (unpaired) electrons. The summed E-state index contributed by atoms with van der Waals surface area (Å²) in [6.45, 7) is 12.0. The van der Waals surface area contributed by atoms with Gasteiger partial charge in [-0.1, -0.05) is 59.6 Å². The highest BCUT2D eigenvalue weighted by atomic mass is 32.2. The predicted molar refractivity (Wildman–Crippen MR) is 117 cm³/mol. The third kappa shape index (κ3) is 4.64. The van der Waals surface area contributed by atoms with E-state index in [9.17, 15) is 30.4 Å². The Balaban J connectivity index is 2.90. The van der Waals surface area contributed by atoms with Crippen LogP contribution < -0.4 is 4.18 Å². The Kier molecular flexibility index (Phi) is 7.37. The zero-order valence-corrected chi connectivity index (χ0v) is 20.4. The Morgan fingerprint density at radius 2 is 1.50 bits per heavy atom. The predicted octanol–water partition coefficient (Wildman–Crippen LogP) is 6.92. The lowest BCUT2D eigenvalue weighted by Crippen LogP contribution is -2.43. The van der Waals surface area contributed by atoms with Crippen LogP contribution in [0.3, 0.4) is 0 Å². The fourth-order valence-corrected chi connectivity index (χ4v) is 10.00. The largest absolute Gasteiger partial charge is 0.534 e. The lowest BCUT2D eigenvalue weighted by atomic mass is 10.0. The Hall–Kier alpha value is -2.12. The Morgan fingerprint density at radius 3 is 1.97 bits per heavy atom. The van der Waals surface area contributed by atoms with Crippen LogP contribution in [0.15, 0.2) is 24.3 Å². The molecule has 0 bridgehead atoms. The van der Waals surface area contributed by atoms with Crippen molar-refractivity contribution in [3.8, 4) is 17.2 Å². The fraction of sp³-hybridized carbons (Fsp3) is 0.455. The fourth-order valence-electron chi connectivity index (χ4n) is 4.32. The van der Waals surface area contributed by atoms with Gasteiger partial charge < -0.3 is 4.18 Å². The second kappa shape index (κ2) is 9.02. The molecule has 0 aliphatic carbocycles. The maximum absolute atomic E-state index is 14.9. The molecule has 10 heteroatoms. The Morgan fingerprint density at radius 1 is 0.969 bits per heavy atom. The SMILES string of the molecule is CC(C)[Si](C#Cc1c(F)c(F)cc2cccc(OS(=O)(=O)C(F)(F)F)c12)(C(C)C)C(C)C. The smallest absolute Gasteiger partial charge is 0.375 e. The first-order valence-corrected chi connectivity index (χ1v) is 13.6. The number of hydrogen-bond acceptors (Lipinski definition) is 3. The van der Waals surface area contributed by atoms with Crippen LogP contribution in [-0.2, 0) is 10.1 Å². The van der Waals surface area contributed by atoms with Crippen LogP contribution in [0.25, 0.3) is 10.8 Å². The monoisotopic (exact) mass is 492 g/mol. The summed E-state index contributed by atoms with van der Waals surface area (Å²) in [5.74, 6) is -0.700. The maximum Gasteiger partial charge on any atom is 0.534 e. The number of fused-ring (bicyclic) bond motifs is 1. The van der Waals surface area contributed by atoms with Crippen LogP contribution in [0.1, 0.15) is 47.1 Å². The van der Waals surface area contributed by atoms with Crippen LogP contribution in [-0.4, -0.2) is 22.0 Å². The van der Waals surface area contributed by atoms with E-state index in [-0.39, 0.29) is 27.4 Å². The summed E-state index contributed by atoms with van der Waals surface area (Å²) in [6, 6.07) is 4.22. The minimum absolute atomic E-state index is 0.0334. The van der Waals surface area contributed by atoms with Crippen molar-refractivity contribution in [1.82, 2.24) is 0 Å². The maximum atomic E-state index is 14.9. The summed E-state index contributed by atoms with van der Waals surface area (Å²) in [7, 11) is -8.44. The molecule has 0 aliphatic rings. The molecule has 0 spiro atoms. The number of alkyl halides is 3. The molecule has 2 aromatic rings. The average Bonchev–Trinajstić information content (AvgIpc) is 2.63. The van der Waals surface area contributed by atoms with Gasteiger partial charge >= 0.3 is 15.6 Å². The molecular formula is C22H25F5O3SSi. The van der Waals surface area contributed by atoms with Crippen LogP contribution in [0.5, 0.6) is 5.75 Å². The summed E-state index contributed by atoms with van der Waals surface area (Å²) in [6.07, 6.45) is 0. The zero-order valence-electron chi connectivity index (χ0n) is 18.6. The van der Waals surface area contributed by atoms with Gasteiger partial charge in [-0.2, -0.15) is 21.6 Å². The topological polar surface area (TPSA) is 43.4 Å². The molecule has 0 saturated heterocycles. The van der Waals surface area contributed by atoms with E-state index in [1.165, 1.54) is 12.1 Å². The van der Waals surface area contributed by atoms with Gasteiger partial charge in [-0.25, -0.2) is 8.78 Å². The molecule has 0 atom stereocenters. The van der Waals surface area contributed by atoms with E-state index in [2.05, 4.69) is 15.6 Å². The van der Waals surface area contributed by atoms with E-state index in [1.54, 1.807) is 0 Å². The molecule has 176 valence electrons. The highest BCUT2D eigenvalue weighted by Crippen LogP contribution is 2.41. The van der Waals surface area contributed by atoms with Gasteiger partial charge in [-0.3, -0.25) is 0 Å². The molecule has 0 aromatic heterocycles. The first-order valence-electron chi connectivity index (χ1n) is 10.0. The van der Waals surface area contributed by atoms with E-state index in [0.717, 1.165) is 12.1 Å². The Labute approximate surface area is 186 Å². The zero-order chi connectivity index (χ0) is 24.6. The van der Waals surface area contributed by atoms with Crippen LogP contribution in [0.4, 0.5) is 22.0 Å². The summed E-state index contributed by atoms with van der Waals surface area (Å²) in [5.41, 5.74) is -2.57. The first kappa shape index (κ1) is 26.1. The molecule has 0 fully saturated rings. The van der Waals surface area contributed by atoms with Crippen LogP contribution >= 0.6 is 0 Å². The number of benzene rings is 2. The lowest BCUT2D eigenvalue weighted by molar-refractivity contribution is -0.0499. The van der Waals surface area contributed by atoms with Crippen molar-refractivity contribution < 1.29 is 34.6 Å². The van der Waals surface area contributed by atoms with Crippen molar-refractivity contribution >= 4 is 29.0 Å². The van der Waals surface area contributed by atoms with E-state index in [4.69, 9.17) is 0 Å². The number of hydrogen-bond donors (Lipinski definition) is 0. The van der Waals surface area contributed by atoms with Crippen molar-refractivity contribution in [2.45, 2.75) is 63.7 Å². The van der Waals surface area contributed by atoms with Gasteiger partial charge in [0.1, 0.15) is 8.07 Å². The molecule has 0 heterocycles. The molecule has 2 rings (SSSR count). The molecule has 0 saturated carbocycles. The van der Waals surface area contributed by atoms with Gasteiger partial charge in [-0.05, 0) is 34.1 Å². The first-order chi connectivity index (χ1) is 14.6. The molecule has 0 N–H and O–H groups in total. The van der Waals surface area contributed by atoms with Gasteiger partial charge in [0.2, 0.25) is 0 Å². The van der Waals surface area contributed by atoms with E-state index in [1.807, 2.05) is 41.5 Å². The molecule has 3 nitrogen and oxygen atoms in total. The van der Waals surface area contributed by atoms with Crippen molar-refractivity contribution in [3.05, 3.63) is 41.5 Å². The van der Waals surface area contributed by atoms with Crippen molar-refractivity contribution in [1.29, 1.82) is 0 Å². The lowest BCUT2D eigenvalue weighted by Gasteiger charge is -2.38. The van der Waals surface area contributed by atoms with Gasteiger partial charge in [0.15, 0.2) is 17.4 Å². The third-order valence-electron chi connectivity index (χ3n) is 5.77. The highest BCUT2D eigenvalue weighted by Gasteiger charge is 2.49. The summed E-state index contributed by atoms with van der Waals surface area (Å²) >= 11 is 0. The normalized spacial score (nSPS) is 13.1. The quantitative estimate of drug-likeness (QED) is 0.150. The van der Waals surface area contributed by atoms with Crippen molar-refractivity contribution in [2.75, 3.05) is 0 Å². The standard InChI is InChI=1S/C22H25F5O3SSi/c1-13(2)32(14(3)4,15(5)6)11-10-17-20-16(12-18(23)21(17)24)8-7-9-19(20)30-31(28,29)22(25,26)27/h7-9,12-15H,1-6H3. The summed E-state index contributed by atoms with van der Waals surface area (Å²) in [4.78, 5) is 0. The second-order valence-electron chi connectivity index (χ2n) is 8.53. The average molecular weight is 493 g/mol. The second-order valence-corrected chi connectivity index (χ2v) is 15.6. The third-order valence-corrected chi connectivity index (χ3v) is 13.0. The van der Waals surface area contributed by atoms with E-state index in [0.29, 0.717) is 0 Å². The van der Waals surface area contributed by atoms with E-state index < -0.39 is 46.6 Å². The van der Waals surface area contributed by atoms with Gasteiger partial charge in [0.05, 0.1) is 5.56 Å². The number of rotatable bonds is 5. The van der Waals surface area contributed by atoms with Crippen LogP contribution in [0, 0.1) is 23.1 Å². The summed E-state index contributed by atoms with van der Waals surface area (Å²) < 4.78 is 95.2. The molecule has 32 heavy (non-hydrogen) atoms.